The van der Waals surface area contributed by atoms with Crippen LogP contribution in [0.2, 0.25) is 0 Å². The number of hydrogen-bond acceptors (Lipinski definition) is 7. The highest BCUT2D eigenvalue weighted by Gasteiger charge is 2.37. The molecule has 2 N–H and O–H groups in total. The molecule has 2 aliphatic rings. The van der Waals surface area contributed by atoms with Gasteiger partial charge in [-0.1, -0.05) is 19.8 Å². The highest BCUT2D eigenvalue weighted by Crippen LogP contribution is 2.43. The minimum atomic E-state index is -0.168. The fourth-order valence-electron chi connectivity index (χ4n) is 5.05. The number of nitrogens with zero attached hydrogens (tertiary/aromatic N) is 5. The molecular formula is C24H29N7O2. The van der Waals surface area contributed by atoms with Crippen molar-refractivity contribution < 1.29 is 9.53 Å². The molecule has 0 spiro atoms. The van der Waals surface area contributed by atoms with E-state index in [2.05, 4.69) is 37.0 Å². The number of ether oxygens (including phenoxy) is 1. The van der Waals surface area contributed by atoms with Gasteiger partial charge >= 0.3 is 0 Å². The van der Waals surface area contributed by atoms with Crippen LogP contribution in [0, 0.1) is 0 Å². The van der Waals surface area contributed by atoms with Crippen LogP contribution in [0.5, 0.6) is 5.75 Å². The van der Waals surface area contributed by atoms with Gasteiger partial charge in [-0.2, -0.15) is 4.98 Å². The van der Waals surface area contributed by atoms with Gasteiger partial charge in [0.05, 0.1) is 43.3 Å². The van der Waals surface area contributed by atoms with E-state index >= 15 is 0 Å². The molecule has 9 nitrogen and oxygen atoms in total. The molecule has 1 amide bonds. The summed E-state index contributed by atoms with van der Waals surface area (Å²) in [5.74, 6) is 1.80. The lowest BCUT2D eigenvalue weighted by Crippen LogP contribution is -2.41. The first-order chi connectivity index (χ1) is 16.1. The van der Waals surface area contributed by atoms with Crippen LogP contribution in [0.15, 0.2) is 36.9 Å². The number of methoxy groups -OCH3 is 1. The molecule has 1 saturated carbocycles. The predicted molar refractivity (Wildman–Crippen MR) is 127 cm³/mol. The molecule has 0 unspecified atom stereocenters. The van der Waals surface area contributed by atoms with E-state index in [1.807, 2.05) is 24.8 Å². The smallest absolute Gasteiger partial charge is 0.251 e. The molecule has 33 heavy (non-hydrogen) atoms. The number of fused-ring (bicyclic) bond motifs is 3. The SMILES string of the molecule is CC[C@@H]1c2cncn2-c2cnc(Nc3ccc(C(=O)NC)cc3OC)nc2N1C1CCCC1. The second kappa shape index (κ2) is 8.73. The van der Waals surface area contributed by atoms with E-state index in [-0.39, 0.29) is 11.9 Å². The summed E-state index contributed by atoms with van der Waals surface area (Å²) >= 11 is 0. The molecule has 0 bridgehead atoms. The van der Waals surface area contributed by atoms with E-state index in [1.54, 1.807) is 26.3 Å². The van der Waals surface area contributed by atoms with E-state index in [4.69, 9.17) is 9.72 Å². The average Bonchev–Trinajstić information content (AvgIpc) is 3.55. The van der Waals surface area contributed by atoms with Crippen molar-refractivity contribution in [2.24, 2.45) is 0 Å². The summed E-state index contributed by atoms with van der Waals surface area (Å²) in [7, 11) is 3.18. The Bertz CT molecular complexity index is 1170. The van der Waals surface area contributed by atoms with E-state index in [9.17, 15) is 4.79 Å². The van der Waals surface area contributed by atoms with Gasteiger partial charge < -0.3 is 20.3 Å². The van der Waals surface area contributed by atoms with Crippen LogP contribution in [0.3, 0.4) is 0 Å². The van der Waals surface area contributed by atoms with E-state index < -0.39 is 0 Å². The number of rotatable bonds is 6. The molecule has 1 aromatic carbocycles. The number of aromatic nitrogens is 4. The Kier molecular flexibility index (Phi) is 5.62. The quantitative estimate of drug-likeness (QED) is 0.590. The summed E-state index contributed by atoms with van der Waals surface area (Å²) in [6, 6.07) is 5.95. The average molecular weight is 448 g/mol. The maximum atomic E-state index is 12.0. The highest BCUT2D eigenvalue weighted by atomic mass is 16.5. The minimum Gasteiger partial charge on any atom is -0.495 e. The van der Waals surface area contributed by atoms with Crippen LogP contribution in [0.1, 0.15) is 61.1 Å². The van der Waals surface area contributed by atoms with Gasteiger partial charge in [-0.05, 0) is 37.5 Å². The van der Waals surface area contributed by atoms with Crippen molar-refractivity contribution in [2.45, 2.75) is 51.1 Å². The zero-order valence-electron chi connectivity index (χ0n) is 19.2. The summed E-state index contributed by atoms with van der Waals surface area (Å²) < 4.78 is 7.63. The lowest BCUT2D eigenvalue weighted by Gasteiger charge is -2.41. The van der Waals surface area contributed by atoms with Crippen molar-refractivity contribution in [1.29, 1.82) is 0 Å². The van der Waals surface area contributed by atoms with Crippen molar-refractivity contribution in [3.05, 3.63) is 48.2 Å². The standard InChI is InChI=1S/C24H29N7O2/c1-4-18-19-12-26-14-30(19)20-13-27-24(29-22(20)31(18)16-7-5-6-8-16)28-17-10-9-15(23(32)25-2)11-21(17)33-3/h9-14,16,18H,4-8H2,1-3H3,(H,25,32)(H,27,28,29)/t18-/m1/s1. The third-order valence-corrected chi connectivity index (χ3v) is 6.64. The van der Waals surface area contributed by atoms with Crippen molar-refractivity contribution in [1.82, 2.24) is 24.8 Å². The van der Waals surface area contributed by atoms with Crippen LogP contribution in [0.25, 0.3) is 5.69 Å². The Morgan fingerprint density at radius 3 is 2.79 bits per heavy atom. The third kappa shape index (κ3) is 3.67. The van der Waals surface area contributed by atoms with Crippen LogP contribution < -0.4 is 20.3 Å². The lowest BCUT2D eigenvalue weighted by atomic mass is 10.0. The van der Waals surface area contributed by atoms with Gasteiger partial charge in [-0.3, -0.25) is 9.36 Å². The first kappa shape index (κ1) is 21.2. The first-order valence-corrected chi connectivity index (χ1v) is 11.5. The normalized spacial score (nSPS) is 17.4. The largest absolute Gasteiger partial charge is 0.495 e. The molecule has 1 atom stereocenters. The number of anilines is 3. The van der Waals surface area contributed by atoms with Crippen molar-refractivity contribution in [2.75, 3.05) is 24.4 Å². The van der Waals surface area contributed by atoms with Crippen LogP contribution in [-0.4, -0.2) is 45.6 Å². The molecule has 5 rings (SSSR count). The second-order valence-corrected chi connectivity index (χ2v) is 8.48. The molecule has 3 heterocycles. The summed E-state index contributed by atoms with van der Waals surface area (Å²) in [6.45, 7) is 2.22. The van der Waals surface area contributed by atoms with Gasteiger partial charge in [0.15, 0.2) is 5.82 Å². The monoisotopic (exact) mass is 447 g/mol. The molecule has 0 radical (unpaired) electrons. The maximum absolute atomic E-state index is 12.0. The zero-order valence-corrected chi connectivity index (χ0v) is 19.2. The van der Waals surface area contributed by atoms with E-state index in [0.29, 0.717) is 29.0 Å². The Hall–Kier alpha value is -3.62. The maximum Gasteiger partial charge on any atom is 0.251 e. The van der Waals surface area contributed by atoms with Crippen LogP contribution in [0.4, 0.5) is 17.5 Å². The first-order valence-electron chi connectivity index (χ1n) is 11.5. The molecule has 172 valence electrons. The second-order valence-electron chi connectivity index (χ2n) is 8.48. The highest BCUT2D eigenvalue weighted by molar-refractivity contribution is 5.95. The zero-order chi connectivity index (χ0) is 22.9. The molecule has 1 aliphatic heterocycles. The van der Waals surface area contributed by atoms with Gasteiger partial charge in [-0.15, -0.1) is 0 Å². The number of benzene rings is 1. The van der Waals surface area contributed by atoms with Crippen LogP contribution in [-0.2, 0) is 0 Å². The number of nitrogens with one attached hydrogen (secondary N) is 2. The summed E-state index contributed by atoms with van der Waals surface area (Å²) in [4.78, 5) is 28.5. The summed E-state index contributed by atoms with van der Waals surface area (Å²) in [5.41, 5.74) is 3.36. The van der Waals surface area contributed by atoms with Gasteiger partial charge in [0.1, 0.15) is 11.4 Å². The number of hydrogen-bond donors (Lipinski definition) is 2. The van der Waals surface area contributed by atoms with Gasteiger partial charge in [0.2, 0.25) is 5.95 Å². The summed E-state index contributed by atoms with van der Waals surface area (Å²) in [6.07, 6.45) is 11.5. The minimum absolute atomic E-state index is 0.168. The van der Waals surface area contributed by atoms with Crippen LogP contribution >= 0.6 is 0 Å². The molecule has 0 saturated heterocycles. The Morgan fingerprint density at radius 1 is 1.24 bits per heavy atom. The molecule has 1 aliphatic carbocycles. The fraction of sp³-hybridized carbons (Fsp3) is 0.417. The number of imidazole rings is 1. The molecule has 9 heteroatoms. The van der Waals surface area contributed by atoms with Gasteiger partial charge in [0.25, 0.3) is 5.91 Å². The predicted octanol–water partition coefficient (Wildman–Crippen LogP) is 3.99. The Balaban J connectivity index is 1.54. The number of amides is 1. The van der Waals surface area contributed by atoms with Crippen molar-refractivity contribution >= 4 is 23.4 Å². The van der Waals surface area contributed by atoms with Gasteiger partial charge in [0, 0.05) is 18.7 Å². The Morgan fingerprint density at radius 2 is 2.06 bits per heavy atom. The fourth-order valence-corrected chi connectivity index (χ4v) is 5.05. The lowest BCUT2D eigenvalue weighted by molar-refractivity contribution is 0.0963. The molecule has 3 aromatic rings. The molecule has 1 fully saturated rings. The van der Waals surface area contributed by atoms with E-state index in [0.717, 1.165) is 17.9 Å². The van der Waals surface area contributed by atoms with E-state index in [1.165, 1.54) is 31.4 Å². The number of carbonyl (C=O) groups is 1. The van der Waals surface area contributed by atoms with Gasteiger partial charge in [-0.25, -0.2) is 9.97 Å². The topological polar surface area (TPSA) is 97.2 Å². The molecule has 2 aromatic heterocycles. The van der Waals surface area contributed by atoms with Crippen molar-refractivity contribution in [3.8, 4) is 11.4 Å². The summed E-state index contributed by atoms with van der Waals surface area (Å²) in [5, 5.41) is 5.92. The number of carbonyl (C=O) groups excluding carboxylic acids is 1. The third-order valence-electron chi connectivity index (χ3n) is 6.64. The Labute approximate surface area is 193 Å². The molecular weight excluding hydrogens is 418 g/mol. The van der Waals surface area contributed by atoms with Crippen molar-refractivity contribution in [3.63, 3.8) is 0 Å².